The Kier molecular flexibility index (Phi) is 4.71. The summed E-state index contributed by atoms with van der Waals surface area (Å²) in [4.78, 5) is 16.7. The van der Waals surface area contributed by atoms with E-state index < -0.39 is 18.6 Å². The van der Waals surface area contributed by atoms with Gasteiger partial charge < -0.3 is 10.3 Å². The van der Waals surface area contributed by atoms with Gasteiger partial charge in [-0.3, -0.25) is 4.79 Å². The Bertz CT molecular complexity index is 462. The van der Waals surface area contributed by atoms with Crippen LogP contribution in [0.2, 0.25) is 0 Å². The first kappa shape index (κ1) is 15.2. The van der Waals surface area contributed by atoms with Crippen LogP contribution in [0.15, 0.2) is 12.1 Å². The van der Waals surface area contributed by atoms with Crippen molar-refractivity contribution in [2.75, 3.05) is 18.5 Å². The summed E-state index contributed by atoms with van der Waals surface area (Å²) in [6.07, 6.45) is -4.43. The van der Waals surface area contributed by atoms with E-state index in [1.807, 2.05) is 0 Å². The number of halogens is 3. The number of hydrogen-bond acceptors (Lipinski definition) is 4. The number of hydrazine groups is 1. The predicted octanol–water partition coefficient (Wildman–Crippen LogP) is 1.70. The van der Waals surface area contributed by atoms with E-state index in [-0.39, 0.29) is 17.9 Å². The van der Waals surface area contributed by atoms with Gasteiger partial charge in [0.15, 0.2) is 0 Å². The molecule has 0 saturated carbocycles. The summed E-state index contributed by atoms with van der Waals surface area (Å²) in [7, 11) is 0. The zero-order chi connectivity index (χ0) is 14.6. The maximum absolute atomic E-state index is 12.4. The lowest BCUT2D eigenvalue weighted by Crippen LogP contribution is -2.38. The topological polar surface area (TPSA) is 71.2 Å². The highest BCUT2D eigenvalue weighted by molar-refractivity contribution is 5.95. The van der Waals surface area contributed by atoms with Crippen LogP contribution >= 0.6 is 0 Å². The molecule has 1 aromatic rings. The number of nitrogens with zero attached hydrogens (tertiary/aromatic N) is 2. The number of carbonyl (C=O) groups is 1. The predicted molar refractivity (Wildman–Crippen MR) is 64.4 cm³/mol. The van der Waals surface area contributed by atoms with E-state index >= 15 is 0 Å². The lowest BCUT2D eigenvalue weighted by atomic mass is 10.2. The van der Waals surface area contributed by atoms with Gasteiger partial charge in [-0.05, 0) is 26.0 Å². The van der Waals surface area contributed by atoms with E-state index in [1.54, 1.807) is 6.92 Å². The van der Waals surface area contributed by atoms with Crippen molar-refractivity contribution in [3.8, 4) is 0 Å². The van der Waals surface area contributed by atoms with E-state index in [2.05, 4.69) is 10.4 Å². The van der Waals surface area contributed by atoms with Gasteiger partial charge in [-0.15, -0.1) is 0 Å². The molecule has 1 heterocycles. The summed E-state index contributed by atoms with van der Waals surface area (Å²) in [5, 5.41) is 0. The molecule has 0 unspecified atom stereocenters. The van der Waals surface area contributed by atoms with Crippen LogP contribution < -0.4 is 11.3 Å². The second kappa shape index (κ2) is 5.87. The molecule has 3 N–H and O–H groups in total. The normalized spacial score (nSPS) is 11.3. The molecule has 106 valence electrons. The first-order valence-corrected chi connectivity index (χ1v) is 5.58. The molecule has 19 heavy (non-hydrogen) atoms. The molecule has 0 aliphatic rings. The molecule has 0 aromatic carbocycles. The molecule has 1 aromatic heterocycles. The smallest absolute Gasteiger partial charge is 0.330 e. The Labute approximate surface area is 108 Å². The largest absolute Gasteiger partial charge is 0.406 e. The van der Waals surface area contributed by atoms with Crippen molar-refractivity contribution < 1.29 is 18.0 Å². The van der Waals surface area contributed by atoms with Crippen LogP contribution in [0.5, 0.6) is 0 Å². The molecule has 0 aliphatic carbocycles. The molecule has 1 rings (SSSR count). The van der Waals surface area contributed by atoms with Crippen LogP contribution in [0.1, 0.15) is 23.0 Å². The van der Waals surface area contributed by atoms with Gasteiger partial charge in [0, 0.05) is 17.8 Å². The summed E-state index contributed by atoms with van der Waals surface area (Å²) in [5.74, 6) is 4.70. The van der Waals surface area contributed by atoms with Crippen molar-refractivity contribution in [1.82, 2.24) is 9.88 Å². The van der Waals surface area contributed by atoms with Crippen molar-refractivity contribution in [1.29, 1.82) is 0 Å². The molecular weight excluding hydrogens is 261 g/mol. The second-order valence-electron chi connectivity index (χ2n) is 3.96. The molecule has 0 aliphatic heterocycles. The van der Waals surface area contributed by atoms with E-state index in [4.69, 9.17) is 5.84 Å². The average molecular weight is 276 g/mol. The summed E-state index contributed by atoms with van der Waals surface area (Å²) in [6.45, 7) is 1.79. The minimum Gasteiger partial charge on any atom is -0.330 e. The highest BCUT2D eigenvalue weighted by Crippen LogP contribution is 2.19. The van der Waals surface area contributed by atoms with E-state index in [1.165, 1.54) is 19.1 Å². The highest BCUT2D eigenvalue weighted by Gasteiger charge is 2.32. The third kappa shape index (κ3) is 4.40. The first-order chi connectivity index (χ1) is 8.76. The Morgan fingerprint density at radius 2 is 2.11 bits per heavy atom. The number of nitrogens with one attached hydrogen (secondary N) is 1. The number of pyridine rings is 1. The van der Waals surface area contributed by atoms with Crippen molar-refractivity contribution >= 4 is 11.7 Å². The zero-order valence-corrected chi connectivity index (χ0v) is 10.6. The molecule has 8 heteroatoms. The molecule has 0 bridgehead atoms. The third-order valence-corrected chi connectivity index (χ3v) is 2.39. The van der Waals surface area contributed by atoms with Gasteiger partial charge in [0.25, 0.3) is 5.91 Å². The number of rotatable bonds is 4. The minimum atomic E-state index is -4.43. The van der Waals surface area contributed by atoms with E-state index in [0.717, 1.165) is 4.90 Å². The van der Waals surface area contributed by atoms with Gasteiger partial charge in [-0.2, -0.15) is 13.2 Å². The van der Waals surface area contributed by atoms with Crippen LogP contribution in [0.3, 0.4) is 0 Å². The Morgan fingerprint density at radius 3 is 2.58 bits per heavy atom. The van der Waals surface area contributed by atoms with Gasteiger partial charge in [-0.1, -0.05) is 0 Å². The average Bonchev–Trinajstić information content (AvgIpc) is 2.33. The fourth-order valence-corrected chi connectivity index (χ4v) is 1.59. The molecule has 0 spiro atoms. The number of anilines is 1. The number of nitrogens with two attached hydrogens (primary N) is 1. The number of aryl methyl sites for hydroxylation is 1. The number of alkyl halides is 3. The van der Waals surface area contributed by atoms with E-state index in [0.29, 0.717) is 5.69 Å². The Morgan fingerprint density at radius 1 is 1.47 bits per heavy atom. The maximum Gasteiger partial charge on any atom is 0.406 e. The summed E-state index contributed by atoms with van der Waals surface area (Å²) < 4.78 is 37.1. The fourth-order valence-electron chi connectivity index (χ4n) is 1.59. The third-order valence-electron chi connectivity index (χ3n) is 2.39. The lowest BCUT2D eigenvalue weighted by molar-refractivity contribution is -0.140. The van der Waals surface area contributed by atoms with Crippen molar-refractivity contribution in [3.63, 3.8) is 0 Å². The van der Waals surface area contributed by atoms with Crippen molar-refractivity contribution in [3.05, 3.63) is 23.4 Å². The summed E-state index contributed by atoms with van der Waals surface area (Å²) in [5.41, 5.74) is 2.87. The molecule has 1 amide bonds. The Balaban J connectivity index is 3.00. The summed E-state index contributed by atoms with van der Waals surface area (Å²) >= 11 is 0. The van der Waals surface area contributed by atoms with Gasteiger partial charge in [0.1, 0.15) is 12.4 Å². The molecule has 5 nitrogen and oxygen atoms in total. The van der Waals surface area contributed by atoms with Crippen LogP contribution in [0.4, 0.5) is 19.0 Å². The number of carbonyl (C=O) groups excluding carboxylic acids is 1. The molecule has 0 radical (unpaired) electrons. The fraction of sp³-hybridized carbons (Fsp3) is 0.455. The van der Waals surface area contributed by atoms with Crippen LogP contribution in [0.25, 0.3) is 0 Å². The second-order valence-corrected chi connectivity index (χ2v) is 3.96. The lowest BCUT2D eigenvalue weighted by Gasteiger charge is -2.22. The van der Waals surface area contributed by atoms with Crippen LogP contribution in [-0.4, -0.2) is 35.1 Å². The van der Waals surface area contributed by atoms with Crippen LogP contribution in [0, 0.1) is 6.92 Å². The number of hydrogen-bond donors (Lipinski definition) is 2. The standard InChI is InChI=1S/C11H15F3N4O/c1-3-18(6-11(12,13)14)10(19)8-4-7(2)16-9(5-8)17-15/h4-5H,3,6,15H2,1-2H3,(H,16,17). The van der Waals surface area contributed by atoms with Gasteiger partial charge in [0.2, 0.25) is 0 Å². The minimum absolute atomic E-state index is 0.0366. The number of amides is 1. The summed E-state index contributed by atoms with van der Waals surface area (Å²) in [6, 6.07) is 2.73. The number of aromatic nitrogens is 1. The molecule has 0 saturated heterocycles. The van der Waals surface area contributed by atoms with Gasteiger partial charge >= 0.3 is 6.18 Å². The monoisotopic (exact) mass is 276 g/mol. The quantitative estimate of drug-likeness (QED) is 0.648. The SMILES string of the molecule is CCN(CC(F)(F)F)C(=O)c1cc(C)nc(NN)c1. The molecule has 0 atom stereocenters. The number of nitrogen functional groups attached to an aromatic ring is 1. The van der Waals surface area contributed by atoms with Crippen LogP contribution in [-0.2, 0) is 0 Å². The Hall–Kier alpha value is -1.83. The first-order valence-electron chi connectivity index (χ1n) is 5.58. The highest BCUT2D eigenvalue weighted by atomic mass is 19.4. The molecule has 0 fully saturated rings. The maximum atomic E-state index is 12.4. The van der Waals surface area contributed by atoms with Gasteiger partial charge in [-0.25, -0.2) is 10.8 Å². The van der Waals surface area contributed by atoms with Crippen molar-refractivity contribution in [2.45, 2.75) is 20.0 Å². The zero-order valence-electron chi connectivity index (χ0n) is 10.6. The van der Waals surface area contributed by atoms with Crippen molar-refractivity contribution in [2.24, 2.45) is 5.84 Å². The molecular formula is C11H15F3N4O. The van der Waals surface area contributed by atoms with E-state index in [9.17, 15) is 18.0 Å². The van der Waals surface area contributed by atoms with Gasteiger partial charge in [0.05, 0.1) is 0 Å².